The number of non-ortho nitro benzene ring substituents is 1. The second kappa shape index (κ2) is 5.78. The van der Waals surface area contributed by atoms with Gasteiger partial charge in [0.25, 0.3) is 5.69 Å². The SMILES string of the molecule is CC12CC3CC(C)(C1)CC(CN=Cc1cc([N+](=O)[O-])cc(Br)c1O)(C3)C2. The van der Waals surface area contributed by atoms with Crippen molar-refractivity contribution < 1.29 is 10.0 Å². The van der Waals surface area contributed by atoms with Crippen molar-refractivity contribution in [3.63, 3.8) is 0 Å². The van der Waals surface area contributed by atoms with Gasteiger partial charge in [-0.15, -0.1) is 0 Å². The van der Waals surface area contributed by atoms with Gasteiger partial charge < -0.3 is 5.11 Å². The number of hydrogen-bond acceptors (Lipinski definition) is 4. The highest BCUT2D eigenvalue weighted by Crippen LogP contribution is 2.69. The third-order valence-electron chi connectivity index (χ3n) is 6.69. The molecule has 6 heteroatoms. The Morgan fingerprint density at radius 1 is 1.27 bits per heavy atom. The van der Waals surface area contributed by atoms with Crippen molar-refractivity contribution >= 4 is 27.8 Å². The minimum atomic E-state index is -0.456. The Morgan fingerprint density at radius 3 is 2.50 bits per heavy atom. The zero-order valence-corrected chi connectivity index (χ0v) is 16.9. The molecule has 4 fully saturated rings. The van der Waals surface area contributed by atoms with E-state index in [-0.39, 0.29) is 16.9 Å². The van der Waals surface area contributed by atoms with E-state index < -0.39 is 4.92 Å². The summed E-state index contributed by atoms with van der Waals surface area (Å²) in [5.74, 6) is 0.820. The molecule has 0 amide bonds. The summed E-state index contributed by atoms with van der Waals surface area (Å²) in [6.45, 7) is 5.63. The molecule has 4 aliphatic rings. The van der Waals surface area contributed by atoms with Crippen molar-refractivity contribution in [2.75, 3.05) is 6.54 Å². The third kappa shape index (κ3) is 3.06. The van der Waals surface area contributed by atoms with Gasteiger partial charge in [-0.2, -0.15) is 0 Å². The first kappa shape index (κ1) is 18.0. The van der Waals surface area contributed by atoms with E-state index in [1.807, 2.05) is 0 Å². The number of benzene rings is 1. The first-order chi connectivity index (χ1) is 12.1. The van der Waals surface area contributed by atoms with Gasteiger partial charge in [0.05, 0.1) is 9.40 Å². The van der Waals surface area contributed by atoms with Crippen molar-refractivity contribution in [3.05, 3.63) is 32.3 Å². The summed E-state index contributed by atoms with van der Waals surface area (Å²) >= 11 is 3.19. The monoisotopic (exact) mass is 420 g/mol. The summed E-state index contributed by atoms with van der Waals surface area (Å²) in [6.07, 6.45) is 9.36. The van der Waals surface area contributed by atoms with Crippen molar-refractivity contribution in [3.8, 4) is 5.75 Å². The Balaban J connectivity index is 1.57. The fraction of sp³-hybridized carbons (Fsp3) is 0.650. The molecular weight excluding hydrogens is 396 g/mol. The quantitative estimate of drug-likeness (QED) is 0.398. The van der Waals surface area contributed by atoms with Crippen LogP contribution in [-0.2, 0) is 0 Å². The molecule has 0 radical (unpaired) electrons. The number of nitrogens with zero attached hydrogens (tertiary/aromatic N) is 2. The maximum absolute atomic E-state index is 11.0. The summed E-state index contributed by atoms with van der Waals surface area (Å²) in [5, 5.41) is 21.2. The number of hydrogen-bond donors (Lipinski definition) is 1. The van der Waals surface area contributed by atoms with Crippen LogP contribution >= 0.6 is 15.9 Å². The van der Waals surface area contributed by atoms with Crippen molar-refractivity contribution in [1.29, 1.82) is 0 Å². The Kier molecular flexibility index (Phi) is 3.99. The maximum atomic E-state index is 11.0. The second-order valence-electron chi connectivity index (χ2n) is 9.72. The van der Waals surface area contributed by atoms with Crippen LogP contribution < -0.4 is 0 Å². The molecule has 140 valence electrons. The normalized spacial score (nSPS) is 38.2. The first-order valence-corrected chi connectivity index (χ1v) is 10.1. The molecular formula is C20H25BrN2O3. The summed E-state index contributed by atoms with van der Waals surface area (Å²) in [6, 6.07) is 2.69. The van der Waals surface area contributed by atoms with E-state index in [0.29, 0.717) is 20.9 Å². The number of aliphatic imine (C=N–C) groups is 1. The first-order valence-electron chi connectivity index (χ1n) is 9.28. The summed E-state index contributed by atoms with van der Waals surface area (Å²) < 4.78 is 0.322. The van der Waals surface area contributed by atoms with Gasteiger partial charge >= 0.3 is 0 Å². The molecule has 0 heterocycles. The summed E-state index contributed by atoms with van der Waals surface area (Å²) in [5.41, 5.74) is 1.49. The van der Waals surface area contributed by atoms with Crippen molar-refractivity contribution in [1.82, 2.24) is 0 Å². The van der Waals surface area contributed by atoms with Gasteiger partial charge in [0.1, 0.15) is 5.75 Å². The van der Waals surface area contributed by atoms with E-state index in [9.17, 15) is 15.2 Å². The number of halogens is 1. The van der Waals surface area contributed by atoms with Gasteiger partial charge in [-0.3, -0.25) is 15.1 Å². The third-order valence-corrected chi connectivity index (χ3v) is 7.29. The van der Waals surface area contributed by atoms with Crippen LogP contribution in [-0.4, -0.2) is 22.8 Å². The topological polar surface area (TPSA) is 75.7 Å². The lowest BCUT2D eigenvalue weighted by Crippen LogP contribution is -2.55. The molecule has 4 aliphatic carbocycles. The Bertz CT molecular complexity index is 788. The fourth-order valence-electron chi connectivity index (χ4n) is 7.01. The molecule has 4 bridgehead atoms. The molecule has 1 aromatic rings. The minimum Gasteiger partial charge on any atom is -0.506 e. The largest absolute Gasteiger partial charge is 0.506 e. The van der Waals surface area contributed by atoms with Gasteiger partial charge in [-0.1, -0.05) is 13.8 Å². The van der Waals surface area contributed by atoms with E-state index in [0.717, 1.165) is 12.5 Å². The minimum absolute atomic E-state index is 0.00351. The number of phenolic OH excluding ortho intramolecular Hbond substituents is 1. The second-order valence-corrected chi connectivity index (χ2v) is 10.6. The number of rotatable bonds is 4. The molecule has 0 aliphatic heterocycles. The van der Waals surface area contributed by atoms with Crippen LogP contribution in [0.2, 0.25) is 0 Å². The number of nitro groups is 1. The van der Waals surface area contributed by atoms with Crippen LogP contribution in [0.1, 0.15) is 57.9 Å². The average Bonchev–Trinajstić information content (AvgIpc) is 2.47. The molecule has 26 heavy (non-hydrogen) atoms. The lowest BCUT2D eigenvalue weighted by molar-refractivity contribution is -0.385. The smallest absolute Gasteiger partial charge is 0.271 e. The molecule has 0 saturated heterocycles. The van der Waals surface area contributed by atoms with Gasteiger partial charge in [0, 0.05) is 30.5 Å². The lowest BCUT2D eigenvalue weighted by Gasteiger charge is -2.65. The number of aromatic hydroxyl groups is 1. The predicted molar refractivity (Wildman–Crippen MR) is 105 cm³/mol. The molecule has 0 spiro atoms. The van der Waals surface area contributed by atoms with E-state index in [2.05, 4.69) is 34.8 Å². The van der Waals surface area contributed by atoms with Gasteiger partial charge in [0.2, 0.25) is 0 Å². The van der Waals surface area contributed by atoms with Gasteiger partial charge in [0.15, 0.2) is 0 Å². The van der Waals surface area contributed by atoms with Crippen molar-refractivity contribution in [2.24, 2.45) is 27.2 Å². The molecule has 4 saturated carbocycles. The predicted octanol–water partition coefficient (Wildman–Crippen LogP) is 5.48. The number of phenols is 1. The average molecular weight is 421 g/mol. The molecule has 2 unspecified atom stereocenters. The highest BCUT2D eigenvalue weighted by atomic mass is 79.9. The van der Waals surface area contributed by atoms with Crippen LogP contribution in [0.4, 0.5) is 5.69 Å². The summed E-state index contributed by atoms with van der Waals surface area (Å²) in [4.78, 5) is 15.3. The standard InChI is InChI=1S/C20H25BrN2O3/c1-18-5-13-6-19(2,9-18)11-20(7-13,10-18)12-22-8-14-3-15(23(25)26)4-16(21)17(14)24/h3-4,8,13,24H,5-7,9-12H2,1-2H3. The highest BCUT2D eigenvalue weighted by Gasteiger charge is 2.59. The van der Waals surface area contributed by atoms with Crippen LogP contribution in [0.25, 0.3) is 0 Å². The number of nitro benzene ring substituents is 1. The van der Waals surface area contributed by atoms with Gasteiger partial charge in [-0.05, 0) is 76.6 Å². The Hall–Kier alpha value is -1.43. The maximum Gasteiger partial charge on any atom is 0.271 e. The van der Waals surface area contributed by atoms with E-state index in [1.165, 1.54) is 50.7 Å². The van der Waals surface area contributed by atoms with E-state index in [4.69, 9.17) is 0 Å². The van der Waals surface area contributed by atoms with Gasteiger partial charge in [-0.25, -0.2) is 0 Å². The fourth-order valence-corrected chi connectivity index (χ4v) is 7.47. The Labute approximate surface area is 162 Å². The zero-order valence-electron chi connectivity index (χ0n) is 15.3. The van der Waals surface area contributed by atoms with Crippen LogP contribution in [0, 0.1) is 32.3 Å². The van der Waals surface area contributed by atoms with Crippen molar-refractivity contribution in [2.45, 2.75) is 52.4 Å². The molecule has 1 aromatic carbocycles. The van der Waals surface area contributed by atoms with Crippen LogP contribution in [0.3, 0.4) is 0 Å². The lowest BCUT2D eigenvalue weighted by atomic mass is 9.40. The Morgan fingerprint density at radius 2 is 1.92 bits per heavy atom. The molecule has 0 aromatic heterocycles. The zero-order chi connectivity index (χ0) is 18.7. The summed E-state index contributed by atoms with van der Waals surface area (Å²) in [7, 11) is 0. The van der Waals surface area contributed by atoms with E-state index in [1.54, 1.807) is 6.21 Å². The molecule has 1 N–H and O–H groups in total. The molecule has 5 nitrogen and oxygen atoms in total. The molecule has 5 rings (SSSR count). The highest BCUT2D eigenvalue weighted by molar-refractivity contribution is 9.10. The van der Waals surface area contributed by atoms with E-state index >= 15 is 0 Å². The van der Waals surface area contributed by atoms with Crippen LogP contribution in [0.5, 0.6) is 5.75 Å². The molecule has 2 atom stereocenters. The van der Waals surface area contributed by atoms with Crippen LogP contribution in [0.15, 0.2) is 21.6 Å².